The molecule has 0 saturated heterocycles. The van der Waals surface area contributed by atoms with Crippen LogP contribution in [0.3, 0.4) is 0 Å². The summed E-state index contributed by atoms with van der Waals surface area (Å²) in [6, 6.07) is 0. The van der Waals surface area contributed by atoms with Gasteiger partial charge in [-0.25, -0.2) is 0 Å². The quantitative estimate of drug-likeness (QED) is 0.0323. The predicted octanol–water partition coefficient (Wildman–Crippen LogP) is 19.9. The summed E-state index contributed by atoms with van der Waals surface area (Å²) < 4.78 is 2.55. The van der Waals surface area contributed by atoms with E-state index in [9.17, 15) is 0 Å². The molecule has 0 unspecified atom stereocenters. The number of quaternary nitrogens is 2. The Kier molecular flexibility index (Phi) is 73.7. The number of rotatable bonds is 68. The molecule has 4 heteroatoms. The topological polar surface area (TPSA) is 0 Å². The van der Waals surface area contributed by atoms with Gasteiger partial charge in [-0.2, -0.15) is 0 Å². The molecule has 0 atom stereocenters. The average molecular weight is 1140 g/mol. The summed E-state index contributed by atoms with van der Waals surface area (Å²) in [4.78, 5) is 0. The molecule has 0 heterocycles. The van der Waals surface area contributed by atoms with Gasteiger partial charge in [-0.3, -0.25) is 0 Å². The highest BCUT2D eigenvalue weighted by Gasteiger charge is 2.22. The molecule has 0 saturated carbocycles. The first kappa shape index (κ1) is 82.5. The number of hydrogen-bond acceptors (Lipinski definition) is 0. The second-order valence-electron chi connectivity index (χ2n) is 26.8. The highest BCUT2D eigenvalue weighted by atomic mass is 35.5. The van der Waals surface area contributed by atoms with Gasteiger partial charge >= 0.3 is 0 Å². The minimum absolute atomic E-state index is 0. The third-order valence-corrected chi connectivity index (χ3v) is 18.5. The van der Waals surface area contributed by atoms with Crippen molar-refractivity contribution in [3.63, 3.8) is 0 Å². The lowest BCUT2D eigenvalue weighted by atomic mass is 10.0. The number of nitrogens with zero attached hydrogens (tertiary/aromatic N) is 2. The van der Waals surface area contributed by atoms with Gasteiger partial charge in [0, 0.05) is 0 Å². The van der Waals surface area contributed by atoms with Crippen LogP contribution in [0.5, 0.6) is 0 Å². The Morgan fingerprint density at radius 1 is 0.167 bits per heavy atom. The van der Waals surface area contributed by atoms with Crippen LogP contribution >= 0.6 is 0 Å². The molecule has 0 aromatic rings. The molecule has 0 rings (SSSR count). The zero-order valence-electron chi connectivity index (χ0n) is 55.5. The van der Waals surface area contributed by atoms with E-state index in [2.05, 4.69) is 53.9 Å². The first-order valence-corrected chi connectivity index (χ1v) is 36.8. The maximum atomic E-state index is 2.67. The van der Waals surface area contributed by atoms with Crippen molar-refractivity contribution in [2.24, 2.45) is 0 Å². The predicted molar refractivity (Wildman–Crippen MR) is 350 cm³/mol. The second kappa shape index (κ2) is 69.7. The van der Waals surface area contributed by atoms with E-state index in [1.54, 1.807) is 0 Å². The van der Waals surface area contributed by atoms with Crippen LogP contribution in [-0.2, 0) is 0 Å². The Hall–Kier alpha value is 0.240. The molecule has 0 aromatic carbocycles. The third-order valence-electron chi connectivity index (χ3n) is 18.5. The van der Waals surface area contributed by atoms with E-state index < -0.39 is 0 Å². The van der Waals surface area contributed by atoms with Gasteiger partial charge in [0.1, 0.15) is 0 Å². The summed E-state index contributed by atoms with van der Waals surface area (Å²) in [6.07, 6.45) is 92.9. The molecule has 0 amide bonds. The zero-order chi connectivity index (χ0) is 55.1. The van der Waals surface area contributed by atoms with Crippen LogP contribution < -0.4 is 24.8 Å². The molecule has 0 fully saturated rings. The lowest BCUT2D eigenvalue weighted by molar-refractivity contribution is -0.906. The monoisotopic (exact) mass is 1140 g/mol. The van der Waals surface area contributed by atoms with Gasteiger partial charge < -0.3 is 33.8 Å². The molecular formula is C74H152Cl2N2. The minimum Gasteiger partial charge on any atom is -1.00 e. The van der Waals surface area contributed by atoms with E-state index in [4.69, 9.17) is 0 Å². The Bertz CT molecular complexity index is 927. The van der Waals surface area contributed by atoms with Crippen LogP contribution in [0.25, 0.3) is 0 Å². The van der Waals surface area contributed by atoms with Gasteiger partial charge in [0.15, 0.2) is 0 Å². The summed E-state index contributed by atoms with van der Waals surface area (Å²) >= 11 is 0. The fourth-order valence-corrected chi connectivity index (χ4v) is 12.7. The van der Waals surface area contributed by atoms with Gasteiger partial charge in [0.05, 0.1) is 53.4 Å². The molecule has 0 N–H and O–H groups in total. The lowest BCUT2D eigenvalue weighted by Gasteiger charge is -2.35. The van der Waals surface area contributed by atoms with Crippen LogP contribution in [0.2, 0.25) is 0 Å². The van der Waals surface area contributed by atoms with Crippen molar-refractivity contribution < 1.29 is 33.8 Å². The summed E-state index contributed by atoms with van der Waals surface area (Å²) in [6.45, 7) is 17.3. The Labute approximate surface area is 509 Å². The Morgan fingerprint density at radius 3 is 0.385 bits per heavy atom. The van der Waals surface area contributed by atoms with E-state index >= 15 is 0 Å². The molecule has 0 aromatic heterocycles. The molecule has 0 bridgehead atoms. The van der Waals surface area contributed by atoms with Crippen molar-refractivity contribution in [3.05, 3.63) is 12.2 Å². The number of hydrogen-bond donors (Lipinski definition) is 0. The molecule has 472 valence electrons. The zero-order valence-corrected chi connectivity index (χ0v) is 57.0. The summed E-state index contributed by atoms with van der Waals surface area (Å²) in [5, 5.41) is 0. The van der Waals surface area contributed by atoms with E-state index in [1.807, 2.05) is 0 Å². The van der Waals surface area contributed by atoms with Crippen molar-refractivity contribution in [1.29, 1.82) is 0 Å². The third kappa shape index (κ3) is 65.4. The first-order chi connectivity index (χ1) is 37.4. The molecule has 0 aliphatic carbocycles. The maximum absolute atomic E-state index is 2.67. The standard InChI is InChI=1S/C74H152N2.2ClH/c1-7-11-15-19-23-27-31-35-39-43-47-51-55-59-63-69-75(5,70-64-60-56-52-48-44-40-36-32-28-24-20-16-12-8-2)73-67-68-74-76(6,71-65-61-57-53-49-45-41-37-33-29-25-21-17-13-9-3)72-66-62-58-54-50-46-42-38-34-30-26-22-18-14-10-4;;/h67-68H,7-66,69-74H2,1-6H3;2*1H/q+2;;/p-2. The van der Waals surface area contributed by atoms with E-state index in [1.165, 1.54) is 433 Å². The smallest absolute Gasteiger partial charge is 0.0973 e. The highest BCUT2D eigenvalue weighted by molar-refractivity contribution is 4.82. The van der Waals surface area contributed by atoms with Crippen LogP contribution in [-0.4, -0.2) is 62.3 Å². The van der Waals surface area contributed by atoms with Gasteiger partial charge in [0.2, 0.25) is 0 Å². The Morgan fingerprint density at radius 2 is 0.269 bits per heavy atom. The van der Waals surface area contributed by atoms with Gasteiger partial charge in [0.25, 0.3) is 0 Å². The van der Waals surface area contributed by atoms with E-state index in [-0.39, 0.29) is 24.8 Å². The summed E-state index contributed by atoms with van der Waals surface area (Å²) in [5.41, 5.74) is 0. The van der Waals surface area contributed by atoms with Crippen LogP contribution in [0.1, 0.15) is 413 Å². The van der Waals surface area contributed by atoms with Gasteiger partial charge in [-0.1, -0.05) is 362 Å². The van der Waals surface area contributed by atoms with Gasteiger partial charge in [-0.15, -0.1) is 0 Å². The fourth-order valence-electron chi connectivity index (χ4n) is 12.7. The van der Waals surface area contributed by atoms with Crippen LogP contribution in [0, 0.1) is 0 Å². The van der Waals surface area contributed by atoms with Crippen molar-refractivity contribution in [1.82, 2.24) is 0 Å². The normalized spacial score (nSPS) is 12.0. The average Bonchev–Trinajstić information content (AvgIpc) is 3.42. The molecule has 0 spiro atoms. The van der Waals surface area contributed by atoms with Crippen molar-refractivity contribution in [2.45, 2.75) is 413 Å². The SMILES string of the molecule is CCCCCCCCCCCCCCCCC[N+](C)(CC=CC[N+](C)(CCCCCCCCCCCCCCCCC)CCCCCCCCCCCCCCCCC)CCCCCCCCCCCCCCCCC.[Cl-].[Cl-]. The minimum atomic E-state index is 0. The summed E-state index contributed by atoms with van der Waals surface area (Å²) in [5.74, 6) is 0. The number of unbranched alkanes of at least 4 members (excludes halogenated alkanes) is 56. The fraction of sp³-hybridized carbons (Fsp3) is 0.973. The van der Waals surface area contributed by atoms with Crippen molar-refractivity contribution in [3.8, 4) is 0 Å². The molecule has 0 aliphatic rings. The van der Waals surface area contributed by atoms with Gasteiger partial charge in [-0.05, 0) is 63.5 Å². The second-order valence-corrected chi connectivity index (χ2v) is 26.8. The largest absolute Gasteiger partial charge is 1.00 e. The van der Waals surface area contributed by atoms with E-state index in [0.29, 0.717) is 0 Å². The molecule has 0 aliphatic heterocycles. The van der Waals surface area contributed by atoms with Crippen molar-refractivity contribution in [2.75, 3.05) is 53.4 Å². The lowest BCUT2D eigenvalue weighted by Crippen LogP contribution is -3.00. The molecule has 78 heavy (non-hydrogen) atoms. The Balaban J connectivity index is -0.0000281. The number of halogens is 2. The van der Waals surface area contributed by atoms with Crippen LogP contribution in [0.4, 0.5) is 0 Å². The molecule has 2 nitrogen and oxygen atoms in total. The molecular weight excluding hydrogens is 988 g/mol. The van der Waals surface area contributed by atoms with E-state index in [0.717, 1.165) is 0 Å². The molecule has 0 radical (unpaired) electrons. The highest BCUT2D eigenvalue weighted by Crippen LogP contribution is 2.21. The van der Waals surface area contributed by atoms with Crippen LogP contribution in [0.15, 0.2) is 12.2 Å². The van der Waals surface area contributed by atoms with Crippen molar-refractivity contribution >= 4 is 0 Å². The number of likely N-dealkylation sites (N-methyl/N-ethyl adjacent to an activating group) is 2. The summed E-state index contributed by atoms with van der Waals surface area (Å²) in [7, 11) is 5.27. The first-order valence-electron chi connectivity index (χ1n) is 36.8. The maximum Gasteiger partial charge on any atom is 0.0973 e.